The Hall–Kier alpha value is -1.06. The van der Waals surface area contributed by atoms with Gasteiger partial charge in [0, 0.05) is 24.8 Å². The highest BCUT2D eigenvalue weighted by Crippen LogP contribution is 2.19. The summed E-state index contributed by atoms with van der Waals surface area (Å²) >= 11 is 0. The Morgan fingerprint density at radius 1 is 1.35 bits per heavy atom. The Bertz CT molecular complexity index is 367. The summed E-state index contributed by atoms with van der Waals surface area (Å²) in [6.45, 7) is 5.41. The van der Waals surface area contributed by atoms with Crippen molar-refractivity contribution in [1.29, 1.82) is 0 Å². The van der Waals surface area contributed by atoms with Crippen molar-refractivity contribution in [2.75, 3.05) is 38.2 Å². The van der Waals surface area contributed by atoms with Gasteiger partial charge in [0.05, 0.1) is 6.61 Å². The molecule has 17 heavy (non-hydrogen) atoms. The zero-order chi connectivity index (χ0) is 12.3. The fourth-order valence-electron chi connectivity index (χ4n) is 2.43. The van der Waals surface area contributed by atoms with Crippen LogP contribution in [0.3, 0.4) is 0 Å². The number of hydrogen-bond acceptors (Lipinski definition) is 3. The maximum atomic E-state index is 9.44. The second-order valence-corrected chi connectivity index (χ2v) is 4.96. The maximum Gasteiger partial charge on any atom is 0.0603 e. The van der Waals surface area contributed by atoms with Gasteiger partial charge in [-0.1, -0.05) is 12.1 Å². The van der Waals surface area contributed by atoms with Crippen molar-refractivity contribution in [3.05, 3.63) is 29.8 Å². The van der Waals surface area contributed by atoms with Crippen LogP contribution in [0.2, 0.25) is 0 Å². The average molecular weight is 234 g/mol. The highest BCUT2D eigenvalue weighted by Gasteiger charge is 2.21. The fourth-order valence-corrected chi connectivity index (χ4v) is 2.43. The van der Waals surface area contributed by atoms with E-state index in [1.165, 1.54) is 11.3 Å². The normalized spacial score (nSPS) is 22.5. The van der Waals surface area contributed by atoms with Crippen LogP contribution in [0.4, 0.5) is 5.69 Å². The summed E-state index contributed by atoms with van der Waals surface area (Å²) in [4.78, 5) is 4.65. The molecule has 0 aliphatic carbocycles. The molecule has 3 heteroatoms. The van der Waals surface area contributed by atoms with Gasteiger partial charge in [0.15, 0.2) is 0 Å². The lowest BCUT2D eigenvalue weighted by Gasteiger charge is -2.28. The third-order valence-corrected chi connectivity index (χ3v) is 3.57. The van der Waals surface area contributed by atoms with Crippen LogP contribution in [0.5, 0.6) is 0 Å². The van der Waals surface area contributed by atoms with Crippen molar-refractivity contribution in [3.63, 3.8) is 0 Å². The van der Waals surface area contributed by atoms with E-state index in [9.17, 15) is 5.11 Å². The highest BCUT2D eigenvalue weighted by molar-refractivity contribution is 5.48. The summed E-state index contributed by atoms with van der Waals surface area (Å²) in [5.41, 5.74) is 2.57. The first-order valence-electron chi connectivity index (χ1n) is 6.33. The van der Waals surface area contributed by atoms with Crippen LogP contribution in [-0.2, 0) is 0 Å². The van der Waals surface area contributed by atoms with Gasteiger partial charge in [-0.2, -0.15) is 0 Å². The van der Waals surface area contributed by atoms with Crippen LogP contribution >= 0.6 is 0 Å². The molecule has 1 unspecified atom stereocenters. The van der Waals surface area contributed by atoms with Gasteiger partial charge >= 0.3 is 0 Å². The first-order valence-corrected chi connectivity index (χ1v) is 6.33. The fraction of sp³-hybridized carbons (Fsp3) is 0.571. The van der Waals surface area contributed by atoms with Crippen LogP contribution < -0.4 is 4.90 Å². The lowest BCUT2D eigenvalue weighted by Crippen LogP contribution is -2.41. The van der Waals surface area contributed by atoms with Crippen molar-refractivity contribution in [1.82, 2.24) is 4.90 Å². The van der Waals surface area contributed by atoms with Crippen molar-refractivity contribution < 1.29 is 5.11 Å². The van der Waals surface area contributed by atoms with E-state index in [1.807, 2.05) is 0 Å². The molecular formula is C14H22N2O. The molecule has 0 aromatic heterocycles. The summed E-state index contributed by atoms with van der Waals surface area (Å²) in [7, 11) is 2.10. The topological polar surface area (TPSA) is 26.7 Å². The van der Waals surface area contributed by atoms with Gasteiger partial charge in [0.2, 0.25) is 0 Å². The number of nitrogens with zero attached hydrogens (tertiary/aromatic N) is 2. The third kappa shape index (κ3) is 2.99. The van der Waals surface area contributed by atoms with Gasteiger partial charge in [-0.25, -0.2) is 0 Å². The van der Waals surface area contributed by atoms with E-state index in [1.54, 1.807) is 0 Å². The van der Waals surface area contributed by atoms with Crippen molar-refractivity contribution in [3.8, 4) is 0 Å². The maximum absolute atomic E-state index is 9.44. The predicted molar refractivity (Wildman–Crippen MR) is 71.5 cm³/mol. The van der Waals surface area contributed by atoms with E-state index in [4.69, 9.17) is 0 Å². The molecule has 1 N–H and O–H groups in total. The molecule has 1 aliphatic heterocycles. The number of aliphatic hydroxyl groups excluding tert-OH is 1. The Balaban J connectivity index is 2.15. The molecule has 1 atom stereocenters. The molecule has 1 heterocycles. The molecule has 1 saturated heterocycles. The summed E-state index contributed by atoms with van der Waals surface area (Å²) in [6, 6.07) is 8.86. The summed E-state index contributed by atoms with van der Waals surface area (Å²) in [5.74, 6) is 0. The summed E-state index contributed by atoms with van der Waals surface area (Å²) < 4.78 is 0. The van der Waals surface area contributed by atoms with E-state index in [0.29, 0.717) is 0 Å². The third-order valence-electron chi connectivity index (χ3n) is 3.57. The van der Waals surface area contributed by atoms with E-state index < -0.39 is 0 Å². The van der Waals surface area contributed by atoms with Crippen molar-refractivity contribution in [2.24, 2.45) is 0 Å². The molecule has 1 aromatic carbocycles. The predicted octanol–water partition coefficient (Wildman–Crippen LogP) is 1.50. The minimum Gasteiger partial charge on any atom is -0.395 e. The monoisotopic (exact) mass is 234 g/mol. The minimum absolute atomic E-state index is 0.235. The van der Waals surface area contributed by atoms with Gasteiger partial charge in [-0.15, -0.1) is 0 Å². The number of rotatable bonds is 2. The number of aryl methyl sites for hydroxylation is 1. The zero-order valence-corrected chi connectivity index (χ0v) is 10.8. The number of likely N-dealkylation sites (N-methyl/N-ethyl adjacent to an activating group) is 1. The SMILES string of the molecule is Cc1cccc(N2CCCN(C)C(CO)C2)c1. The van der Waals surface area contributed by atoms with Gasteiger partial charge < -0.3 is 10.0 Å². The molecule has 0 spiro atoms. The first kappa shape index (κ1) is 12.4. The Morgan fingerprint density at radius 2 is 2.18 bits per heavy atom. The lowest BCUT2D eigenvalue weighted by atomic mass is 10.2. The quantitative estimate of drug-likeness (QED) is 0.840. The minimum atomic E-state index is 0.235. The number of hydrogen-bond donors (Lipinski definition) is 1. The van der Waals surface area contributed by atoms with Gasteiger partial charge in [0.1, 0.15) is 0 Å². The Labute approximate surface area is 104 Å². The molecule has 1 aromatic rings. The second-order valence-electron chi connectivity index (χ2n) is 4.96. The Kier molecular flexibility index (Phi) is 4.02. The van der Waals surface area contributed by atoms with Crippen LogP contribution in [0, 0.1) is 6.92 Å². The molecule has 2 rings (SSSR count). The molecular weight excluding hydrogens is 212 g/mol. The molecule has 0 radical (unpaired) electrons. The molecule has 1 fully saturated rings. The van der Waals surface area contributed by atoms with Crippen molar-refractivity contribution >= 4 is 5.69 Å². The number of benzene rings is 1. The van der Waals surface area contributed by atoms with Gasteiger partial charge in [-0.05, 0) is 44.6 Å². The van der Waals surface area contributed by atoms with Crippen molar-refractivity contribution in [2.45, 2.75) is 19.4 Å². The Morgan fingerprint density at radius 3 is 2.88 bits per heavy atom. The average Bonchev–Trinajstić information content (AvgIpc) is 2.51. The van der Waals surface area contributed by atoms with Crippen LogP contribution in [0.15, 0.2) is 24.3 Å². The largest absolute Gasteiger partial charge is 0.395 e. The summed E-state index contributed by atoms with van der Waals surface area (Å²) in [5, 5.41) is 9.44. The molecule has 94 valence electrons. The van der Waals surface area contributed by atoms with Crippen LogP contribution in [0.1, 0.15) is 12.0 Å². The first-order chi connectivity index (χ1) is 8.20. The highest BCUT2D eigenvalue weighted by atomic mass is 16.3. The zero-order valence-electron chi connectivity index (χ0n) is 10.8. The number of anilines is 1. The van der Waals surface area contributed by atoms with E-state index >= 15 is 0 Å². The van der Waals surface area contributed by atoms with Crippen LogP contribution in [-0.4, -0.2) is 49.3 Å². The van der Waals surface area contributed by atoms with E-state index in [-0.39, 0.29) is 12.6 Å². The van der Waals surface area contributed by atoms with Crippen LogP contribution in [0.25, 0.3) is 0 Å². The molecule has 0 saturated carbocycles. The van der Waals surface area contributed by atoms with Gasteiger partial charge in [-0.3, -0.25) is 4.90 Å². The molecule has 0 amide bonds. The number of aliphatic hydroxyl groups is 1. The molecule has 0 bridgehead atoms. The second kappa shape index (κ2) is 5.52. The smallest absolute Gasteiger partial charge is 0.0603 e. The lowest BCUT2D eigenvalue weighted by molar-refractivity contribution is 0.159. The molecule has 1 aliphatic rings. The van der Waals surface area contributed by atoms with Gasteiger partial charge in [0.25, 0.3) is 0 Å². The summed E-state index contributed by atoms with van der Waals surface area (Å²) in [6.07, 6.45) is 1.15. The molecule has 3 nitrogen and oxygen atoms in total. The van der Waals surface area contributed by atoms with E-state index in [0.717, 1.165) is 26.1 Å². The van der Waals surface area contributed by atoms with E-state index in [2.05, 4.69) is 48.0 Å². The standard InChI is InChI=1S/C14H22N2O/c1-12-5-3-6-13(9-12)16-8-4-7-15(2)14(10-16)11-17/h3,5-6,9,14,17H,4,7-8,10-11H2,1-2H3.